The van der Waals surface area contributed by atoms with Gasteiger partial charge in [-0.1, -0.05) is 74.5 Å². The lowest BCUT2D eigenvalue weighted by molar-refractivity contribution is -0.152. The number of likely N-dealkylation sites (N-methyl/N-ethyl adjacent to an activating group) is 1. The van der Waals surface area contributed by atoms with Crippen LogP contribution in [0.4, 0.5) is 0 Å². The molecule has 0 spiro atoms. The fourth-order valence-corrected chi connectivity index (χ4v) is 9.35. The van der Waals surface area contributed by atoms with Crippen molar-refractivity contribution in [3.05, 3.63) is 94.0 Å². The highest BCUT2D eigenvalue weighted by atomic mass is 32.2. The molecule has 20 heteroatoms. The summed E-state index contributed by atoms with van der Waals surface area (Å²) in [5.74, 6) is -5.52. The number of sulfonamides is 1. The van der Waals surface area contributed by atoms with Crippen molar-refractivity contribution < 1.29 is 51.8 Å². The van der Waals surface area contributed by atoms with Gasteiger partial charge in [-0.25, -0.2) is 17.9 Å². The number of nitrogens with two attached hydrogens (primary N) is 2. The number of benzene rings is 3. The van der Waals surface area contributed by atoms with Crippen molar-refractivity contribution in [1.82, 2.24) is 25.6 Å². The summed E-state index contributed by atoms with van der Waals surface area (Å²) >= 11 is 0. The van der Waals surface area contributed by atoms with Gasteiger partial charge in [-0.3, -0.25) is 29.0 Å². The molecule has 0 bridgehead atoms. The second-order valence-corrected chi connectivity index (χ2v) is 19.2. The molecule has 3 aromatic carbocycles. The molecule has 0 saturated carbocycles. The number of rotatable bonds is 22. The summed E-state index contributed by atoms with van der Waals surface area (Å²) in [4.78, 5) is 84.5. The Kier molecular flexibility index (Phi) is 18.4. The zero-order chi connectivity index (χ0) is 49.8. The van der Waals surface area contributed by atoms with Crippen LogP contribution in [-0.2, 0) is 63.0 Å². The third-order valence-electron chi connectivity index (χ3n) is 11.3. The molecular weight excluding hydrogens is 885 g/mol. The lowest BCUT2D eigenvalue weighted by Gasteiger charge is -2.32. The summed E-state index contributed by atoms with van der Waals surface area (Å²) < 4.78 is 40.9. The number of nitrogens with zero attached hydrogens (tertiary/aromatic N) is 2. The standard InChI is InChI=1S/C47H64N8O11S/c1-27(2)39(45(61)62)55(8)44(60)36(22-31-16-11-9-12-17-31)53-43(59)35(23-38(57)65-26-32-18-13-10-14-19-32)52-37(56)25-51-42(58)34(48)20-15-21-50-46(49)54-67(63,64)41-29(4)28(3)40-33(30(41)5)24-47(6,7)66-40/h9-14,16-19,27,34-36,39H,15,20-26,48H2,1-8H3,(H,51,58)(H,52,56)(H,53,59)(H,61,62)(H3,49,50,54)/t34-,35-,36+,39-/m0/s1. The first-order valence-electron chi connectivity index (χ1n) is 21.9. The number of hydrogen-bond acceptors (Lipinski definition) is 12. The minimum absolute atomic E-state index is 0.00812. The third-order valence-corrected chi connectivity index (χ3v) is 13.0. The van der Waals surface area contributed by atoms with Gasteiger partial charge in [0.25, 0.3) is 10.0 Å². The molecule has 1 aliphatic heterocycles. The number of carbonyl (C=O) groups excluding carboxylic acids is 5. The van der Waals surface area contributed by atoms with Gasteiger partial charge in [-0.05, 0) is 81.2 Å². The molecule has 4 amide bonds. The van der Waals surface area contributed by atoms with Crippen LogP contribution in [0.3, 0.4) is 0 Å². The number of fused-ring (bicyclic) bond motifs is 1. The minimum atomic E-state index is -4.13. The predicted octanol–water partition coefficient (Wildman–Crippen LogP) is 2.06. The van der Waals surface area contributed by atoms with E-state index in [0.717, 1.165) is 16.0 Å². The highest BCUT2D eigenvalue weighted by molar-refractivity contribution is 7.90. The van der Waals surface area contributed by atoms with Gasteiger partial charge >= 0.3 is 11.9 Å². The molecule has 364 valence electrons. The predicted molar refractivity (Wildman–Crippen MR) is 250 cm³/mol. The number of carbonyl (C=O) groups is 6. The fourth-order valence-electron chi connectivity index (χ4n) is 7.83. The van der Waals surface area contributed by atoms with Crippen molar-refractivity contribution in [3.63, 3.8) is 0 Å². The van der Waals surface area contributed by atoms with E-state index < -0.39 is 94.2 Å². The molecule has 67 heavy (non-hydrogen) atoms. The van der Waals surface area contributed by atoms with Gasteiger partial charge in [0.1, 0.15) is 36.1 Å². The van der Waals surface area contributed by atoms with Gasteiger partial charge in [-0.2, -0.15) is 0 Å². The maximum absolute atomic E-state index is 14.0. The molecule has 0 aliphatic carbocycles. The number of ether oxygens (including phenoxy) is 2. The molecule has 1 aliphatic rings. The Balaban J connectivity index is 1.38. The molecule has 19 nitrogen and oxygen atoms in total. The largest absolute Gasteiger partial charge is 0.487 e. The lowest BCUT2D eigenvalue weighted by atomic mass is 9.94. The SMILES string of the molecule is Cc1c(C)c(S(=O)(=O)NC(N)=NCCC[C@H](N)C(=O)NCC(=O)N[C@@H](CC(=O)OCc2ccccc2)C(=O)N[C@H](Cc2ccccc2)C(=O)N(C)[C@H](C(=O)O)C(C)C)c(C)c2c1OC(C)(C)C2. The van der Waals surface area contributed by atoms with E-state index in [-0.39, 0.29) is 43.3 Å². The first kappa shape index (κ1) is 53.1. The van der Waals surface area contributed by atoms with Gasteiger partial charge in [-0.15, -0.1) is 0 Å². The molecule has 0 saturated heterocycles. The molecule has 0 unspecified atom stereocenters. The van der Waals surface area contributed by atoms with Crippen LogP contribution in [0.2, 0.25) is 0 Å². The molecule has 1 heterocycles. The van der Waals surface area contributed by atoms with Crippen molar-refractivity contribution in [1.29, 1.82) is 0 Å². The van der Waals surface area contributed by atoms with Crippen LogP contribution in [-0.4, -0.2) is 110 Å². The second kappa shape index (κ2) is 23.3. The summed E-state index contributed by atoms with van der Waals surface area (Å²) in [7, 11) is -2.81. The van der Waals surface area contributed by atoms with Gasteiger partial charge in [0.15, 0.2) is 0 Å². The summed E-state index contributed by atoms with van der Waals surface area (Å²) in [6, 6.07) is 12.2. The van der Waals surface area contributed by atoms with Crippen LogP contribution in [0.1, 0.15) is 80.3 Å². The summed E-state index contributed by atoms with van der Waals surface area (Å²) in [5, 5.41) is 17.3. The average Bonchev–Trinajstić information content (AvgIpc) is 3.60. The molecule has 9 N–H and O–H groups in total. The Morgan fingerprint density at radius 3 is 2.10 bits per heavy atom. The molecule has 4 rings (SSSR count). The van der Waals surface area contributed by atoms with E-state index in [1.807, 2.05) is 20.8 Å². The highest BCUT2D eigenvalue weighted by Crippen LogP contribution is 2.43. The number of aliphatic carboxylic acids is 1. The van der Waals surface area contributed by atoms with Crippen molar-refractivity contribution in [2.45, 2.75) is 122 Å². The first-order chi connectivity index (χ1) is 31.4. The van der Waals surface area contributed by atoms with Crippen LogP contribution in [0.25, 0.3) is 0 Å². The number of carboxylic acid groups (broad SMARTS) is 1. The summed E-state index contributed by atoms with van der Waals surface area (Å²) in [6.07, 6.45) is 0.102. The van der Waals surface area contributed by atoms with Crippen LogP contribution >= 0.6 is 0 Å². The summed E-state index contributed by atoms with van der Waals surface area (Å²) in [6.45, 7) is 11.6. The van der Waals surface area contributed by atoms with E-state index in [2.05, 4.69) is 25.7 Å². The fraction of sp³-hybridized carbons (Fsp3) is 0.468. The number of guanidine groups is 1. The van der Waals surface area contributed by atoms with Crippen LogP contribution in [0, 0.1) is 26.7 Å². The van der Waals surface area contributed by atoms with Crippen molar-refractivity contribution >= 4 is 51.6 Å². The molecule has 0 fully saturated rings. The Hall–Kier alpha value is -6.54. The molecule has 0 radical (unpaired) electrons. The molecule has 4 atom stereocenters. The molecule has 0 aromatic heterocycles. The monoisotopic (exact) mass is 948 g/mol. The third kappa shape index (κ3) is 14.7. The minimum Gasteiger partial charge on any atom is -0.487 e. The maximum Gasteiger partial charge on any atom is 0.326 e. The number of aliphatic imine (C=N–C) groups is 1. The van der Waals surface area contributed by atoms with Crippen molar-refractivity contribution in [3.8, 4) is 5.75 Å². The summed E-state index contributed by atoms with van der Waals surface area (Å²) in [5.41, 5.74) is 15.5. The van der Waals surface area contributed by atoms with Crippen LogP contribution < -0.4 is 36.9 Å². The average molecular weight is 949 g/mol. The Bertz CT molecular complexity index is 2430. The van der Waals surface area contributed by atoms with E-state index in [9.17, 15) is 42.3 Å². The van der Waals surface area contributed by atoms with E-state index in [1.54, 1.807) is 88.4 Å². The Labute approximate surface area is 391 Å². The van der Waals surface area contributed by atoms with E-state index in [4.69, 9.17) is 20.9 Å². The van der Waals surface area contributed by atoms with Gasteiger partial charge < -0.3 is 46.9 Å². The number of hydrogen-bond donors (Lipinski definition) is 7. The zero-order valence-corrected chi connectivity index (χ0v) is 40.1. The Morgan fingerprint density at radius 1 is 0.896 bits per heavy atom. The Morgan fingerprint density at radius 2 is 1.51 bits per heavy atom. The first-order valence-corrected chi connectivity index (χ1v) is 23.4. The quantitative estimate of drug-likeness (QED) is 0.0329. The van der Waals surface area contributed by atoms with Gasteiger partial charge in [0, 0.05) is 32.0 Å². The van der Waals surface area contributed by atoms with E-state index in [1.165, 1.54) is 7.05 Å². The van der Waals surface area contributed by atoms with Crippen molar-refractivity contribution in [2.75, 3.05) is 20.1 Å². The van der Waals surface area contributed by atoms with Crippen molar-refractivity contribution in [2.24, 2.45) is 22.4 Å². The molecular formula is C47H64N8O11S. The van der Waals surface area contributed by atoms with E-state index in [0.29, 0.717) is 34.4 Å². The number of amides is 4. The number of esters is 1. The number of nitrogens with one attached hydrogen (secondary N) is 4. The topological polar surface area (TPSA) is 291 Å². The maximum atomic E-state index is 14.0. The van der Waals surface area contributed by atoms with Crippen LogP contribution in [0.15, 0.2) is 70.6 Å². The van der Waals surface area contributed by atoms with Crippen LogP contribution in [0.5, 0.6) is 5.75 Å². The lowest BCUT2D eigenvalue weighted by Crippen LogP contribution is -2.58. The number of carboxylic acids is 1. The molecule has 3 aromatic rings. The zero-order valence-electron chi connectivity index (χ0n) is 39.3. The highest BCUT2D eigenvalue weighted by Gasteiger charge is 2.38. The second-order valence-electron chi connectivity index (χ2n) is 17.6. The van der Waals surface area contributed by atoms with Gasteiger partial charge in [0.2, 0.25) is 29.6 Å². The smallest absolute Gasteiger partial charge is 0.326 e. The van der Waals surface area contributed by atoms with E-state index >= 15 is 0 Å². The van der Waals surface area contributed by atoms with Gasteiger partial charge in [0.05, 0.1) is 23.9 Å². The normalized spacial score (nSPS) is 14.9.